The summed E-state index contributed by atoms with van der Waals surface area (Å²) in [6, 6.07) is 0. The van der Waals surface area contributed by atoms with Crippen LogP contribution in [0.2, 0.25) is 0 Å². The highest BCUT2D eigenvalue weighted by molar-refractivity contribution is 9.12. The molecule has 5 atom stereocenters. The predicted octanol–water partition coefficient (Wildman–Crippen LogP) is 5.92. The second-order valence-corrected chi connectivity index (χ2v) is 10.4. The van der Waals surface area contributed by atoms with E-state index in [1.54, 1.807) is 0 Å². The molecule has 4 bridgehead atoms. The van der Waals surface area contributed by atoms with Crippen molar-refractivity contribution in [1.29, 1.82) is 0 Å². The topological polar surface area (TPSA) is 0 Å². The second-order valence-electron chi connectivity index (χ2n) is 8.42. The molecule has 0 nitrogen and oxygen atoms in total. The molecule has 0 saturated heterocycles. The Morgan fingerprint density at radius 1 is 1.11 bits per heavy atom. The first-order valence-corrected chi connectivity index (χ1v) is 9.60. The van der Waals surface area contributed by atoms with Crippen LogP contribution in [-0.4, -0.2) is 10.2 Å². The first-order chi connectivity index (χ1) is 8.36. The van der Waals surface area contributed by atoms with Crippen LogP contribution in [0.1, 0.15) is 65.2 Å². The highest BCUT2D eigenvalue weighted by atomic mass is 79.9. The van der Waals surface area contributed by atoms with Gasteiger partial charge in [-0.05, 0) is 73.5 Å². The van der Waals surface area contributed by atoms with Crippen LogP contribution in [0, 0.1) is 22.2 Å². The van der Waals surface area contributed by atoms with Gasteiger partial charge >= 0.3 is 0 Å². The second kappa shape index (κ2) is 4.48. The minimum absolute atomic E-state index is 0.650. The van der Waals surface area contributed by atoms with Gasteiger partial charge in [0.15, 0.2) is 0 Å². The molecule has 2 heteroatoms. The first kappa shape index (κ1) is 13.9. The van der Waals surface area contributed by atoms with Crippen LogP contribution in [0.15, 0.2) is 0 Å². The van der Waals surface area contributed by atoms with Crippen molar-refractivity contribution in [3.63, 3.8) is 0 Å². The zero-order chi connectivity index (χ0) is 13.0. The van der Waals surface area contributed by atoms with E-state index >= 15 is 0 Å². The van der Waals surface area contributed by atoms with Gasteiger partial charge in [0.2, 0.25) is 0 Å². The van der Waals surface area contributed by atoms with E-state index < -0.39 is 0 Å². The maximum absolute atomic E-state index is 3.88. The summed E-state index contributed by atoms with van der Waals surface area (Å²) >= 11 is 7.53. The van der Waals surface area contributed by atoms with Crippen LogP contribution in [0.25, 0.3) is 0 Å². The summed E-state index contributed by atoms with van der Waals surface area (Å²) in [6.45, 7) is 5.18. The van der Waals surface area contributed by atoms with Crippen molar-refractivity contribution in [2.45, 2.75) is 70.0 Å². The Kier molecular flexibility index (Phi) is 3.46. The fourth-order valence-electron chi connectivity index (χ4n) is 6.38. The van der Waals surface area contributed by atoms with E-state index in [9.17, 15) is 0 Å². The normalized spacial score (nSPS) is 52.3. The molecule has 4 fully saturated rings. The monoisotopic (exact) mass is 376 g/mol. The number of hydrogen-bond donors (Lipinski definition) is 0. The standard InChI is InChI=1S/C16H26Br2/c1-14-4-3-12-5-15(2,9-14)11-16(6-12,10-14)7-13(18)8-17/h12-13H,3-11H2,1-2H3. The molecule has 0 aliphatic heterocycles. The van der Waals surface area contributed by atoms with Crippen LogP contribution < -0.4 is 0 Å². The smallest absolute Gasteiger partial charge is 0.0248 e. The minimum Gasteiger partial charge on any atom is -0.0916 e. The van der Waals surface area contributed by atoms with Gasteiger partial charge in [0.1, 0.15) is 0 Å². The lowest BCUT2D eigenvalue weighted by molar-refractivity contribution is -0.0612. The van der Waals surface area contributed by atoms with Gasteiger partial charge in [0.05, 0.1) is 0 Å². The van der Waals surface area contributed by atoms with Crippen molar-refractivity contribution >= 4 is 31.9 Å². The SMILES string of the molecule is CC12CCC3CC(C)(C1)CC(CC(Br)CBr)(C3)C2. The molecule has 0 radical (unpaired) electrons. The zero-order valence-electron chi connectivity index (χ0n) is 11.8. The molecule has 0 heterocycles. The van der Waals surface area contributed by atoms with Crippen LogP contribution >= 0.6 is 31.9 Å². The number of fused-ring (bicyclic) bond motifs is 1. The molecule has 0 N–H and O–H groups in total. The van der Waals surface area contributed by atoms with E-state index in [0.29, 0.717) is 21.1 Å². The van der Waals surface area contributed by atoms with Gasteiger partial charge in [0, 0.05) is 10.2 Å². The lowest BCUT2D eigenvalue weighted by Gasteiger charge is -2.57. The third-order valence-electron chi connectivity index (χ3n) is 5.94. The summed E-state index contributed by atoms with van der Waals surface area (Å²) < 4.78 is 0. The molecule has 0 aromatic carbocycles. The van der Waals surface area contributed by atoms with Crippen molar-refractivity contribution in [3.8, 4) is 0 Å². The first-order valence-electron chi connectivity index (χ1n) is 7.56. The molecule has 104 valence electrons. The Morgan fingerprint density at radius 2 is 1.83 bits per heavy atom. The van der Waals surface area contributed by atoms with Crippen LogP contribution in [0.5, 0.6) is 0 Å². The van der Waals surface area contributed by atoms with Crippen molar-refractivity contribution in [2.24, 2.45) is 22.2 Å². The van der Waals surface area contributed by atoms with Gasteiger partial charge in [-0.15, -0.1) is 0 Å². The molecule has 4 aliphatic carbocycles. The third kappa shape index (κ3) is 2.45. The molecule has 18 heavy (non-hydrogen) atoms. The quantitative estimate of drug-likeness (QED) is 0.535. The van der Waals surface area contributed by atoms with E-state index in [1.807, 2.05) is 0 Å². The fourth-order valence-corrected chi connectivity index (χ4v) is 7.30. The van der Waals surface area contributed by atoms with Crippen molar-refractivity contribution in [3.05, 3.63) is 0 Å². The molecule has 4 saturated carbocycles. The van der Waals surface area contributed by atoms with Gasteiger partial charge in [0.25, 0.3) is 0 Å². The van der Waals surface area contributed by atoms with Gasteiger partial charge < -0.3 is 0 Å². The van der Waals surface area contributed by atoms with E-state index in [2.05, 4.69) is 45.7 Å². The maximum Gasteiger partial charge on any atom is 0.0248 e. The molecule has 0 spiro atoms. The number of halogens is 2. The highest BCUT2D eigenvalue weighted by Crippen LogP contribution is 2.68. The summed E-state index contributed by atoms with van der Waals surface area (Å²) in [6.07, 6.45) is 11.9. The maximum atomic E-state index is 3.88. The molecule has 4 rings (SSSR count). The molecular weight excluding hydrogens is 352 g/mol. The molecule has 4 aliphatic rings. The lowest BCUT2D eigenvalue weighted by Crippen LogP contribution is -2.47. The van der Waals surface area contributed by atoms with Crippen LogP contribution in [0.3, 0.4) is 0 Å². The van der Waals surface area contributed by atoms with Gasteiger partial charge in [-0.3, -0.25) is 0 Å². The Morgan fingerprint density at radius 3 is 2.56 bits per heavy atom. The average molecular weight is 378 g/mol. The Bertz CT molecular complexity index is 340. The minimum atomic E-state index is 0.650. The van der Waals surface area contributed by atoms with Crippen LogP contribution in [0.4, 0.5) is 0 Å². The van der Waals surface area contributed by atoms with Crippen molar-refractivity contribution in [2.75, 3.05) is 5.33 Å². The predicted molar refractivity (Wildman–Crippen MR) is 85.6 cm³/mol. The summed E-state index contributed by atoms with van der Waals surface area (Å²) in [5, 5.41) is 1.10. The van der Waals surface area contributed by atoms with Gasteiger partial charge in [-0.2, -0.15) is 0 Å². The molecule has 0 aromatic rings. The largest absolute Gasteiger partial charge is 0.0916 e. The molecule has 5 unspecified atom stereocenters. The third-order valence-corrected chi connectivity index (χ3v) is 8.24. The Labute approximate surface area is 129 Å². The van der Waals surface area contributed by atoms with E-state index in [0.717, 1.165) is 11.2 Å². The fraction of sp³-hybridized carbons (Fsp3) is 1.00. The lowest BCUT2D eigenvalue weighted by atomic mass is 9.48. The van der Waals surface area contributed by atoms with Crippen molar-refractivity contribution in [1.82, 2.24) is 0 Å². The highest BCUT2D eigenvalue weighted by Gasteiger charge is 2.57. The number of hydrogen-bond acceptors (Lipinski definition) is 0. The van der Waals surface area contributed by atoms with E-state index in [4.69, 9.17) is 0 Å². The molecule has 0 aromatic heterocycles. The zero-order valence-corrected chi connectivity index (χ0v) is 14.9. The number of rotatable bonds is 3. The summed E-state index contributed by atoms with van der Waals surface area (Å²) in [7, 11) is 0. The summed E-state index contributed by atoms with van der Waals surface area (Å²) in [4.78, 5) is 0.668. The summed E-state index contributed by atoms with van der Waals surface area (Å²) in [5.41, 5.74) is 1.96. The Hall–Kier alpha value is 0.960. The van der Waals surface area contributed by atoms with E-state index in [-0.39, 0.29) is 0 Å². The van der Waals surface area contributed by atoms with Gasteiger partial charge in [-0.25, -0.2) is 0 Å². The number of alkyl halides is 2. The average Bonchev–Trinajstić information content (AvgIpc) is 2.37. The summed E-state index contributed by atoms with van der Waals surface area (Å²) in [5.74, 6) is 1.03. The van der Waals surface area contributed by atoms with Crippen LogP contribution in [-0.2, 0) is 0 Å². The van der Waals surface area contributed by atoms with Crippen molar-refractivity contribution < 1.29 is 0 Å². The molecular formula is C16H26Br2. The Balaban J connectivity index is 1.91. The van der Waals surface area contributed by atoms with E-state index in [1.165, 1.54) is 51.4 Å². The van der Waals surface area contributed by atoms with Gasteiger partial charge in [-0.1, -0.05) is 45.7 Å². The molecule has 0 amide bonds.